The van der Waals surface area contributed by atoms with E-state index in [1.54, 1.807) is 12.1 Å². The molecule has 11 heteroatoms. The van der Waals surface area contributed by atoms with Crippen LogP contribution in [0.3, 0.4) is 0 Å². The molecule has 3 heterocycles. The molecule has 0 radical (unpaired) electrons. The predicted molar refractivity (Wildman–Crippen MR) is 152 cm³/mol. The molecule has 1 aliphatic rings. The Hall–Kier alpha value is -1.57. The Morgan fingerprint density at radius 2 is 2.00 bits per heavy atom. The number of carbonyl (C=O) groups excluding carboxylic acids is 1. The Bertz CT molecular complexity index is 1220. The largest absolute Gasteiger partial charge is 0.414 e. The molecule has 1 amide bonds. The van der Waals surface area contributed by atoms with Crippen molar-refractivity contribution in [1.29, 1.82) is 0 Å². The normalized spacial score (nSPS) is 20.7. The van der Waals surface area contributed by atoms with Crippen molar-refractivity contribution >= 4 is 65.3 Å². The summed E-state index contributed by atoms with van der Waals surface area (Å²) >= 11 is 8.18. The molecule has 3 atom stereocenters. The number of nitrogens with one attached hydrogen (secondary N) is 1. The molecule has 2 aromatic heterocycles. The van der Waals surface area contributed by atoms with Gasteiger partial charge in [0.1, 0.15) is 36.2 Å². The van der Waals surface area contributed by atoms with Gasteiger partial charge in [0.2, 0.25) is 0 Å². The molecule has 0 spiro atoms. The van der Waals surface area contributed by atoms with Gasteiger partial charge in [-0.25, -0.2) is 9.97 Å². The zero-order valence-corrected chi connectivity index (χ0v) is 25.0. The number of halogens is 2. The summed E-state index contributed by atoms with van der Waals surface area (Å²) in [7, 11) is -1.95. The third-order valence-corrected chi connectivity index (χ3v) is 12.5. The van der Waals surface area contributed by atoms with E-state index in [1.807, 2.05) is 29.0 Å². The Morgan fingerprint density at radius 1 is 1.28 bits per heavy atom. The minimum absolute atomic E-state index is 0.0825. The molecule has 194 valence electrons. The summed E-state index contributed by atoms with van der Waals surface area (Å²) in [5.41, 5.74) is 1.24. The van der Waals surface area contributed by atoms with E-state index < -0.39 is 8.32 Å². The van der Waals surface area contributed by atoms with E-state index >= 15 is 0 Å². The van der Waals surface area contributed by atoms with Crippen molar-refractivity contribution < 1.29 is 18.7 Å². The SMILES string of the molecule is CC(C)(C)[Si](C)(C)OC[C@H]1O[C@@H](n2cc(I)c3c(NC(=O)c4ccccc4)ncnc32)CC1OCCl. The van der Waals surface area contributed by atoms with E-state index in [-0.39, 0.29) is 35.4 Å². The van der Waals surface area contributed by atoms with Gasteiger partial charge in [-0.2, -0.15) is 0 Å². The molecule has 0 aliphatic carbocycles. The first-order chi connectivity index (χ1) is 17.0. The second-order valence-electron chi connectivity index (χ2n) is 10.4. The predicted octanol–water partition coefficient (Wildman–Crippen LogP) is 6.18. The van der Waals surface area contributed by atoms with Crippen molar-refractivity contribution in [2.24, 2.45) is 0 Å². The highest BCUT2D eigenvalue weighted by Gasteiger charge is 2.42. The number of amides is 1. The first kappa shape index (κ1) is 27.5. The van der Waals surface area contributed by atoms with E-state index in [9.17, 15) is 4.79 Å². The van der Waals surface area contributed by atoms with Gasteiger partial charge in [-0.1, -0.05) is 50.6 Å². The van der Waals surface area contributed by atoms with Crippen molar-refractivity contribution in [3.8, 4) is 0 Å². The highest BCUT2D eigenvalue weighted by molar-refractivity contribution is 14.1. The van der Waals surface area contributed by atoms with Crippen LogP contribution < -0.4 is 5.32 Å². The summed E-state index contributed by atoms with van der Waals surface area (Å²) in [5, 5.41) is 3.79. The van der Waals surface area contributed by atoms with Crippen molar-refractivity contribution in [3.63, 3.8) is 0 Å². The number of fused-ring (bicyclic) bond motifs is 1. The zero-order chi connectivity index (χ0) is 26.1. The molecule has 36 heavy (non-hydrogen) atoms. The fourth-order valence-electron chi connectivity index (χ4n) is 3.91. The minimum Gasteiger partial charge on any atom is -0.414 e. The summed E-state index contributed by atoms with van der Waals surface area (Å²) < 4.78 is 21.6. The van der Waals surface area contributed by atoms with Crippen LogP contribution in [0.5, 0.6) is 0 Å². The Labute approximate surface area is 231 Å². The van der Waals surface area contributed by atoms with E-state index in [0.29, 0.717) is 30.1 Å². The molecule has 1 fully saturated rings. The molecule has 1 aromatic carbocycles. The molecular formula is C25H32ClIN4O4Si. The third-order valence-electron chi connectivity index (χ3n) is 7.01. The monoisotopic (exact) mass is 642 g/mol. The smallest absolute Gasteiger partial charge is 0.256 e. The fraction of sp³-hybridized carbons (Fsp3) is 0.480. The molecule has 1 aliphatic heterocycles. The number of ether oxygens (including phenoxy) is 2. The summed E-state index contributed by atoms with van der Waals surface area (Å²) in [4.78, 5) is 21.6. The van der Waals surface area contributed by atoms with Gasteiger partial charge in [0, 0.05) is 21.8 Å². The van der Waals surface area contributed by atoms with Gasteiger partial charge >= 0.3 is 0 Å². The number of anilines is 1. The lowest BCUT2D eigenvalue weighted by molar-refractivity contribution is -0.0511. The van der Waals surface area contributed by atoms with Crippen LogP contribution >= 0.6 is 34.2 Å². The molecule has 1 saturated heterocycles. The van der Waals surface area contributed by atoms with Crippen LogP contribution in [0, 0.1) is 3.57 Å². The van der Waals surface area contributed by atoms with Gasteiger partial charge in [0.15, 0.2) is 8.32 Å². The average Bonchev–Trinajstić information content (AvgIpc) is 3.39. The highest BCUT2D eigenvalue weighted by atomic mass is 127. The lowest BCUT2D eigenvalue weighted by Crippen LogP contribution is -2.44. The second kappa shape index (κ2) is 11.0. The van der Waals surface area contributed by atoms with Crippen molar-refractivity contribution in [2.45, 2.75) is 63.8 Å². The number of aromatic nitrogens is 3. The maximum Gasteiger partial charge on any atom is 0.256 e. The number of rotatable bonds is 8. The van der Waals surface area contributed by atoms with Gasteiger partial charge in [-0.05, 0) is 52.9 Å². The van der Waals surface area contributed by atoms with Gasteiger partial charge in [0.25, 0.3) is 5.91 Å². The number of benzene rings is 1. The van der Waals surface area contributed by atoms with Gasteiger partial charge in [0.05, 0.1) is 18.1 Å². The summed E-state index contributed by atoms with van der Waals surface area (Å²) in [6, 6.07) is 9.13. The van der Waals surface area contributed by atoms with Crippen LogP contribution in [0.25, 0.3) is 11.0 Å². The molecule has 1 unspecified atom stereocenters. The first-order valence-corrected chi connectivity index (χ1v) is 16.4. The van der Waals surface area contributed by atoms with Gasteiger partial charge in [-0.15, -0.1) is 0 Å². The van der Waals surface area contributed by atoms with Crippen molar-refractivity contribution in [1.82, 2.24) is 14.5 Å². The maximum atomic E-state index is 12.8. The number of carbonyl (C=O) groups is 1. The molecular weight excluding hydrogens is 611 g/mol. The number of hydrogen-bond donors (Lipinski definition) is 1. The van der Waals surface area contributed by atoms with Crippen molar-refractivity contribution in [2.75, 3.05) is 18.0 Å². The molecule has 1 N–H and O–H groups in total. The number of nitrogens with zero attached hydrogens (tertiary/aromatic N) is 3. The lowest BCUT2D eigenvalue weighted by atomic mass is 10.2. The molecule has 3 aromatic rings. The lowest BCUT2D eigenvalue weighted by Gasteiger charge is -2.37. The summed E-state index contributed by atoms with van der Waals surface area (Å²) in [6.07, 6.45) is 3.26. The summed E-state index contributed by atoms with van der Waals surface area (Å²) in [6.45, 7) is 11.5. The van der Waals surface area contributed by atoms with Gasteiger partial charge in [-0.3, -0.25) is 4.79 Å². The quantitative estimate of drug-likeness (QED) is 0.179. The topological polar surface area (TPSA) is 87.5 Å². The molecule has 0 bridgehead atoms. The van der Waals surface area contributed by atoms with Crippen LogP contribution in [-0.2, 0) is 13.9 Å². The minimum atomic E-state index is -1.95. The van der Waals surface area contributed by atoms with Crippen LogP contribution in [0.2, 0.25) is 18.1 Å². The first-order valence-electron chi connectivity index (χ1n) is 11.9. The van der Waals surface area contributed by atoms with Crippen LogP contribution in [0.4, 0.5) is 5.82 Å². The van der Waals surface area contributed by atoms with E-state index in [4.69, 9.17) is 25.5 Å². The van der Waals surface area contributed by atoms with E-state index in [1.165, 1.54) is 6.33 Å². The second-order valence-corrected chi connectivity index (χ2v) is 16.6. The van der Waals surface area contributed by atoms with Gasteiger partial charge < -0.3 is 23.8 Å². The molecule has 4 rings (SSSR count). The fourth-order valence-corrected chi connectivity index (χ4v) is 5.88. The Kier molecular flexibility index (Phi) is 8.42. The Morgan fingerprint density at radius 3 is 2.67 bits per heavy atom. The van der Waals surface area contributed by atoms with E-state index in [0.717, 1.165) is 8.96 Å². The maximum absolute atomic E-state index is 12.8. The molecule has 8 nitrogen and oxygen atoms in total. The molecule has 0 saturated carbocycles. The third kappa shape index (κ3) is 5.78. The number of hydrogen-bond acceptors (Lipinski definition) is 6. The standard InChI is InChI=1S/C25H32ClIN4O4Si/c1-25(2,3)36(4,5)34-13-19-18(33-14-26)11-20(35-19)31-12-17(27)21-22(28-15-29-23(21)31)30-24(32)16-9-7-6-8-10-16/h6-10,12,15,18-20H,11,13-14H2,1-5H3,(H,28,29,30,32)/t18?,19-,20-/m1/s1. The van der Waals surface area contributed by atoms with Crippen molar-refractivity contribution in [3.05, 3.63) is 52.0 Å². The summed E-state index contributed by atoms with van der Waals surface area (Å²) in [5.74, 6) is 0.232. The Balaban J connectivity index is 1.57. The average molecular weight is 643 g/mol. The number of alkyl halides is 1. The van der Waals surface area contributed by atoms with E-state index in [2.05, 4.69) is 71.7 Å². The zero-order valence-electron chi connectivity index (χ0n) is 21.1. The van der Waals surface area contributed by atoms with Crippen LogP contribution in [0.1, 0.15) is 43.8 Å². The van der Waals surface area contributed by atoms with Crippen LogP contribution in [-0.4, -0.2) is 53.6 Å². The van der Waals surface area contributed by atoms with Crippen LogP contribution in [0.15, 0.2) is 42.9 Å². The highest BCUT2D eigenvalue weighted by Crippen LogP contribution is 2.39.